The van der Waals surface area contributed by atoms with Gasteiger partial charge < -0.3 is 9.84 Å². The lowest BCUT2D eigenvalue weighted by atomic mass is 9.87. The average Bonchev–Trinajstić information content (AvgIpc) is 1.99. The lowest BCUT2D eigenvalue weighted by molar-refractivity contribution is -0.0254. The molecule has 0 saturated carbocycles. The van der Waals surface area contributed by atoms with E-state index in [9.17, 15) is 0 Å². The molecule has 78 valence electrons. The smallest absolute Gasteiger partial charge is 0.0640 e. The van der Waals surface area contributed by atoms with Crippen LogP contribution in [0.2, 0.25) is 0 Å². The molecule has 1 heterocycles. The number of ether oxygens (including phenoxy) is 1. The van der Waals surface area contributed by atoms with Crippen LogP contribution in [0.15, 0.2) is 0 Å². The molecular weight excluding hydrogens is 166 g/mol. The standard InChI is InChI=1S/C10H21NO2/c1-8(2)9-4-11(5-9)10(6-12)7-13-3/h8-10,12H,4-7H2,1-3H3. The van der Waals surface area contributed by atoms with Crippen molar-refractivity contribution in [3.63, 3.8) is 0 Å². The first kappa shape index (κ1) is 11.0. The van der Waals surface area contributed by atoms with Crippen LogP contribution in [0.25, 0.3) is 0 Å². The molecule has 0 aliphatic carbocycles. The van der Waals surface area contributed by atoms with E-state index < -0.39 is 0 Å². The van der Waals surface area contributed by atoms with Crippen LogP contribution in [0.1, 0.15) is 13.8 Å². The Morgan fingerprint density at radius 2 is 2.08 bits per heavy atom. The summed E-state index contributed by atoms with van der Waals surface area (Å²) in [6, 6.07) is 0.208. The van der Waals surface area contributed by atoms with Gasteiger partial charge in [0.1, 0.15) is 0 Å². The third kappa shape index (κ3) is 2.66. The van der Waals surface area contributed by atoms with Crippen molar-refractivity contribution < 1.29 is 9.84 Å². The van der Waals surface area contributed by atoms with Gasteiger partial charge in [-0.05, 0) is 11.8 Å². The molecule has 1 aliphatic heterocycles. The van der Waals surface area contributed by atoms with Gasteiger partial charge >= 0.3 is 0 Å². The van der Waals surface area contributed by atoms with Crippen molar-refractivity contribution in [3.8, 4) is 0 Å². The molecule has 1 atom stereocenters. The van der Waals surface area contributed by atoms with E-state index in [0.717, 1.165) is 24.9 Å². The molecular formula is C10H21NO2. The minimum atomic E-state index is 0.207. The number of aliphatic hydroxyl groups excluding tert-OH is 1. The molecule has 0 aromatic carbocycles. The van der Waals surface area contributed by atoms with Crippen LogP contribution < -0.4 is 0 Å². The summed E-state index contributed by atoms with van der Waals surface area (Å²) in [5.74, 6) is 1.57. The highest BCUT2D eigenvalue weighted by atomic mass is 16.5. The lowest BCUT2D eigenvalue weighted by Crippen LogP contribution is -2.56. The summed E-state index contributed by atoms with van der Waals surface area (Å²) in [5, 5.41) is 9.10. The number of methoxy groups -OCH3 is 1. The van der Waals surface area contributed by atoms with Gasteiger partial charge in [0.25, 0.3) is 0 Å². The Morgan fingerprint density at radius 1 is 1.46 bits per heavy atom. The van der Waals surface area contributed by atoms with Crippen LogP contribution in [0.3, 0.4) is 0 Å². The summed E-state index contributed by atoms with van der Waals surface area (Å²) >= 11 is 0. The highest BCUT2D eigenvalue weighted by Crippen LogP contribution is 2.25. The normalized spacial score (nSPS) is 21.9. The van der Waals surface area contributed by atoms with Gasteiger partial charge in [0.15, 0.2) is 0 Å². The zero-order valence-electron chi connectivity index (χ0n) is 8.86. The molecule has 1 rings (SSSR count). The number of hydrogen-bond acceptors (Lipinski definition) is 3. The maximum atomic E-state index is 9.10. The third-order valence-electron chi connectivity index (χ3n) is 2.97. The van der Waals surface area contributed by atoms with Crippen LogP contribution in [0.5, 0.6) is 0 Å². The Labute approximate surface area is 80.7 Å². The van der Waals surface area contributed by atoms with Gasteiger partial charge in [-0.25, -0.2) is 0 Å². The largest absolute Gasteiger partial charge is 0.395 e. The Kier molecular flexibility index (Phi) is 4.16. The third-order valence-corrected chi connectivity index (χ3v) is 2.97. The van der Waals surface area contributed by atoms with Crippen LogP contribution in [0, 0.1) is 11.8 Å². The Bertz CT molecular complexity index is 144. The van der Waals surface area contributed by atoms with Crippen molar-refractivity contribution in [1.29, 1.82) is 0 Å². The fourth-order valence-corrected chi connectivity index (χ4v) is 1.73. The molecule has 0 aromatic rings. The van der Waals surface area contributed by atoms with Crippen molar-refractivity contribution >= 4 is 0 Å². The molecule has 0 aromatic heterocycles. The van der Waals surface area contributed by atoms with E-state index >= 15 is 0 Å². The summed E-state index contributed by atoms with van der Waals surface area (Å²) in [5.41, 5.74) is 0. The van der Waals surface area contributed by atoms with Gasteiger partial charge in [0.2, 0.25) is 0 Å². The number of nitrogens with zero attached hydrogens (tertiary/aromatic N) is 1. The summed E-state index contributed by atoms with van der Waals surface area (Å²) in [7, 11) is 1.68. The van der Waals surface area contributed by atoms with E-state index in [2.05, 4.69) is 18.7 Å². The van der Waals surface area contributed by atoms with E-state index in [1.165, 1.54) is 0 Å². The van der Waals surface area contributed by atoms with Gasteiger partial charge in [-0.15, -0.1) is 0 Å². The summed E-state index contributed by atoms with van der Waals surface area (Å²) in [4.78, 5) is 2.30. The SMILES string of the molecule is COCC(CO)N1CC(C(C)C)C1. The van der Waals surface area contributed by atoms with E-state index in [0.29, 0.717) is 6.61 Å². The Hall–Kier alpha value is -0.120. The van der Waals surface area contributed by atoms with Crippen LogP contribution in [-0.4, -0.2) is 49.5 Å². The fraction of sp³-hybridized carbons (Fsp3) is 1.00. The van der Waals surface area contributed by atoms with Crippen LogP contribution in [0.4, 0.5) is 0 Å². The van der Waals surface area contributed by atoms with E-state index in [4.69, 9.17) is 9.84 Å². The molecule has 3 heteroatoms. The second kappa shape index (κ2) is 4.94. The number of aliphatic hydroxyl groups is 1. The molecule has 1 aliphatic rings. The first-order valence-corrected chi connectivity index (χ1v) is 5.02. The highest BCUT2D eigenvalue weighted by Gasteiger charge is 2.33. The van der Waals surface area contributed by atoms with Crippen molar-refractivity contribution in [2.24, 2.45) is 11.8 Å². The second-order valence-electron chi connectivity index (χ2n) is 4.25. The molecule has 0 bridgehead atoms. The zero-order chi connectivity index (χ0) is 9.84. The number of rotatable bonds is 5. The Morgan fingerprint density at radius 3 is 2.46 bits per heavy atom. The summed E-state index contributed by atoms with van der Waals surface area (Å²) in [6.07, 6.45) is 0. The first-order valence-electron chi connectivity index (χ1n) is 5.02. The van der Waals surface area contributed by atoms with Crippen LogP contribution >= 0.6 is 0 Å². The molecule has 0 amide bonds. The predicted molar refractivity (Wildman–Crippen MR) is 52.7 cm³/mol. The fourth-order valence-electron chi connectivity index (χ4n) is 1.73. The molecule has 0 radical (unpaired) electrons. The van der Waals surface area contributed by atoms with Crippen molar-refractivity contribution in [1.82, 2.24) is 4.90 Å². The maximum absolute atomic E-state index is 9.10. The molecule has 0 spiro atoms. The van der Waals surface area contributed by atoms with Crippen molar-refractivity contribution in [3.05, 3.63) is 0 Å². The van der Waals surface area contributed by atoms with Gasteiger partial charge in [0, 0.05) is 20.2 Å². The summed E-state index contributed by atoms with van der Waals surface area (Å²) in [6.45, 7) is 7.59. The van der Waals surface area contributed by atoms with E-state index in [1.807, 2.05) is 0 Å². The van der Waals surface area contributed by atoms with Gasteiger partial charge in [-0.2, -0.15) is 0 Å². The van der Waals surface area contributed by atoms with E-state index in [1.54, 1.807) is 7.11 Å². The zero-order valence-corrected chi connectivity index (χ0v) is 8.86. The average molecular weight is 187 g/mol. The topological polar surface area (TPSA) is 32.7 Å². The highest BCUT2D eigenvalue weighted by molar-refractivity contribution is 4.86. The number of likely N-dealkylation sites (tertiary alicyclic amines) is 1. The van der Waals surface area contributed by atoms with Crippen molar-refractivity contribution in [2.75, 3.05) is 33.4 Å². The summed E-state index contributed by atoms with van der Waals surface area (Å²) < 4.78 is 5.05. The van der Waals surface area contributed by atoms with Gasteiger partial charge in [-0.3, -0.25) is 4.90 Å². The van der Waals surface area contributed by atoms with Crippen molar-refractivity contribution in [2.45, 2.75) is 19.9 Å². The molecule has 1 saturated heterocycles. The second-order valence-corrected chi connectivity index (χ2v) is 4.25. The number of hydrogen-bond donors (Lipinski definition) is 1. The maximum Gasteiger partial charge on any atom is 0.0640 e. The Balaban J connectivity index is 2.23. The van der Waals surface area contributed by atoms with E-state index in [-0.39, 0.29) is 12.6 Å². The molecule has 3 nitrogen and oxygen atoms in total. The molecule has 1 unspecified atom stereocenters. The van der Waals surface area contributed by atoms with Crippen LogP contribution in [-0.2, 0) is 4.74 Å². The predicted octanol–water partition coefficient (Wildman–Crippen LogP) is 0.582. The minimum absolute atomic E-state index is 0.207. The molecule has 1 fully saturated rings. The van der Waals surface area contributed by atoms with Gasteiger partial charge in [-0.1, -0.05) is 13.8 Å². The molecule has 13 heavy (non-hydrogen) atoms. The minimum Gasteiger partial charge on any atom is -0.395 e. The quantitative estimate of drug-likeness (QED) is 0.683. The lowest BCUT2D eigenvalue weighted by Gasteiger charge is -2.45. The van der Waals surface area contributed by atoms with Gasteiger partial charge in [0.05, 0.1) is 19.3 Å². The monoisotopic (exact) mass is 187 g/mol. The first-order chi connectivity index (χ1) is 6.19. The molecule has 1 N–H and O–H groups in total.